The van der Waals surface area contributed by atoms with Crippen molar-refractivity contribution < 1.29 is 24.2 Å². The van der Waals surface area contributed by atoms with Crippen LogP contribution in [0.3, 0.4) is 0 Å². The lowest BCUT2D eigenvalue weighted by Crippen LogP contribution is -2.44. The van der Waals surface area contributed by atoms with Crippen LogP contribution in [0.1, 0.15) is 50.1 Å². The summed E-state index contributed by atoms with van der Waals surface area (Å²) in [5.41, 5.74) is 2.03. The molecule has 2 aromatic rings. The minimum Gasteiger partial charge on any atom is -0.306 e. The Morgan fingerprint density at radius 2 is 1.94 bits per heavy atom. The number of fused-ring (bicyclic) bond motifs is 1. The zero-order valence-electron chi connectivity index (χ0n) is 18.2. The third-order valence-electron chi connectivity index (χ3n) is 6.13. The number of imide groups is 1. The first kappa shape index (κ1) is 22.1. The smallest absolute Gasteiger partial charge is 0.306 e. The van der Waals surface area contributed by atoms with Crippen LogP contribution in [0.4, 0.5) is 4.79 Å². The molecule has 10 nitrogen and oxygen atoms in total. The highest BCUT2D eigenvalue weighted by Crippen LogP contribution is 2.25. The van der Waals surface area contributed by atoms with Crippen molar-refractivity contribution in [2.75, 3.05) is 19.7 Å². The number of carbonyl (C=O) groups excluding carboxylic acids is 3. The first-order valence-electron chi connectivity index (χ1n) is 11.1. The second-order valence-corrected chi connectivity index (χ2v) is 8.29. The highest BCUT2D eigenvalue weighted by molar-refractivity contribution is 6.00. The molecule has 0 saturated carbocycles. The second-order valence-electron chi connectivity index (χ2n) is 8.29. The Hall–Kier alpha value is -3.14. The molecule has 1 unspecified atom stereocenters. The van der Waals surface area contributed by atoms with Crippen molar-refractivity contribution >= 4 is 28.9 Å². The Kier molecular flexibility index (Phi) is 6.59. The van der Waals surface area contributed by atoms with E-state index in [0.29, 0.717) is 37.9 Å². The van der Waals surface area contributed by atoms with Crippen LogP contribution in [0.2, 0.25) is 0 Å². The molecule has 3 heterocycles. The predicted octanol–water partition coefficient (Wildman–Crippen LogP) is 1.80. The summed E-state index contributed by atoms with van der Waals surface area (Å²) in [4.78, 5) is 60.4. The van der Waals surface area contributed by atoms with Gasteiger partial charge in [-0.05, 0) is 50.2 Å². The van der Waals surface area contributed by atoms with E-state index in [1.54, 1.807) is 18.0 Å². The number of benzene rings is 1. The summed E-state index contributed by atoms with van der Waals surface area (Å²) in [5, 5.41) is 2.32. The van der Waals surface area contributed by atoms with Gasteiger partial charge in [-0.25, -0.2) is 9.59 Å². The number of hydrogen-bond acceptors (Lipinski definition) is 6. The van der Waals surface area contributed by atoms with Crippen molar-refractivity contribution in [2.24, 2.45) is 7.05 Å². The van der Waals surface area contributed by atoms with Gasteiger partial charge in [0.2, 0.25) is 11.8 Å². The van der Waals surface area contributed by atoms with Crippen LogP contribution in [-0.2, 0) is 32.8 Å². The molecule has 1 N–H and O–H groups in total. The third kappa shape index (κ3) is 4.40. The summed E-state index contributed by atoms with van der Waals surface area (Å²) < 4.78 is 3.00. The van der Waals surface area contributed by atoms with Crippen LogP contribution in [0, 0.1) is 0 Å². The Morgan fingerprint density at radius 3 is 2.69 bits per heavy atom. The summed E-state index contributed by atoms with van der Waals surface area (Å²) >= 11 is 0. The van der Waals surface area contributed by atoms with Crippen LogP contribution in [0.25, 0.3) is 11.0 Å². The molecule has 0 aliphatic carbocycles. The molecule has 2 fully saturated rings. The van der Waals surface area contributed by atoms with E-state index < -0.39 is 18.0 Å². The molecule has 1 atom stereocenters. The van der Waals surface area contributed by atoms with Gasteiger partial charge in [0.05, 0.1) is 17.6 Å². The summed E-state index contributed by atoms with van der Waals surface area (Å²) in [6.45, 7) is 1.63. The van der Waals surface area contributed by atoms with Crippen molar-refractivity contribution in [2.45, 2.75) is 51.0 Å². The second kappa shape index (κ2) is 9.56. The molecule has 0 radical (unpaired) electrons. The number of aryl methyl sites for hydroxylation is 2. The molecular formula is C22H28N4O6. The lowest BCUT2D eigenvalue weighted by atomic mass is 10.0. The van der Waals surface area contributed by atoms with Gasteiger partial charge >= 0.3 is 11.8 Å². The Balaban J connectivity index is 1.41. The minimum absolute atomic E-state index is 0.201. The van der Waals surface area contributed by atoms with E-state index in [1.165, 1.54) is 9.13 Å². The first-order chi connectivity index (χ1) is 15.5. The molecule has 32 heavy (non-hydrogen) atoms. The van der Waals surface area contributed by atoms with E-state index in [4.69, 9.17) is 9.78 Å². The summed E-state index contributed by atoms with van der Waals surface area (Å²) in [7, 11) is 1.67. The summed E-state index contributed by atoms with van der Waals surface area (Å²) in [6, 6.07) is 4.87. The van der Waals surface area contributed by atoms with E-state index in [0.717, 1.165) is 30.3 Å². The number of para-hydroxylation sites is 1. The SMILES string of the molecule is Cn1c(=O)n(C2CCC(=O)NC2=O)c2cccc(CCCOOC(=O)N3CCCCC3)c21. The molecule has 4 rings (SSSR count). The fourth-order valence-corrected chi connectivity index (χ4v) is 4.49. The molecular weight excluding hydrogens is 416 g/mol. The highest BCUT2D eigenvalue weighted by Gasteiger charge is 2.31. The van der Waals surface area contributed by atoms with E-state index >= 15 is 0 Å². The zero-order valence-corrected chi connectivity index (χ0v) is 18.2. The average Bonchev–Trinajstić information content (AvgIpc) is 3.05. The molecule has 2 aliphatic rings. The lowest BCUT2D eigenvalue weighted by molar-refractivity contribution is -0.246. The number of rotatable bonds is 6. The Morgan fingerprint density at radius 1 is 1.16 bits per heavy atom. The largest absolute Gasteiger partial charge is 0.441 e. The van der Waals surface area contributed by atoms with Gasteiger partial charge in [-0.2, -0.15) is 4.89 Å². The monoisotopic (exact) mass is 444 g/mol. The van der Waals surface area contributed by atoms with Crippen LogP contribution in [-0.4, -0.2) is 51.6 Å². The van der Waals surface area contributed by atoms with E-state index in [9.17, 15) is 19.2 Å². The average molecular weight is 444 g/mol. The maximum Gasteiger partial charge on any atom is 0.441 e. The van der Waals surface area contributed by atoms with E-state index in [2.05, 4.69) is 5.32 Å². The van der Waals surface area contributed by atoms with E-state index in [-0.39, 0.29) is 24.6 Å². The predicted molar refractivity (Wildman–Crippen MR) is 115 cm³/mol. The normalized spacial score (nSPS) is 19.3. The summed E-state index contributed by atoms with van der Waals surface area (Å²) in [5.74, 6) is -0.772. The highest BCUT2D eigenvalue weighted by atomic mass is 17.2. The maximum atomic E-state index is 12.9. The van der Waals surface area contributed by atoms with Gasteiger partial charge in [-0.1, -0.05) is 12.1 Å². The van der Waals surface area contributed by atoms with Crippen molar-refractivity contribution in [1.82, 2.24) is 19.4 Å². The number of nitrogens with one attached hydrogen (secondary N) is 1. The molecule has 2 saturated heterocycles. The van der Waals surface area contributed by atoms with Gasteiger partial charge in [0.25, 0.3) is 0 Å². The number of carbonyl (C=O) groups is 3. The van der Waals surface area contributed by atoms with Gasteiger partial charge in [-0.3, -0.25) is 28.9 Å². The first-order valence-corrected chi connectivity index (χ1v) is 11.1. The molecule has 0 bridgehead atoms. The number of amides is 3. The fraction of sp³-hybridized carbons (Fsp3) is 0.545. The van der Waals surface area contributed by atoms with Crippen LogP contribution in [0.5, 0.6) is 0 Å². The van der Waals surface area contributed by atoms with Gasteiger partial charge in [0.15, 0.2) is 0 Å². The molecule has 1 aromatic carbocycles. The van der Waals surface area contributed by atoms with E-state index in [1.807, 2.05) is 12.1 Å². The third-order valence-corrected chi connectivity index (χ3v) is 6.13. The van der Waals surface area contributed by atoms with Crippen molar-refractivity contribution in [3.8, 4) is 0 Å². The van der Waals surface area contributed by atoms with Gasteiger partial charge in [0.1, 0.15) is 6.04 Å². The minimum atomic E-state index is -0.711. The Labute approximate surface area is 185 Å². The number of likely N-dealkylation sites (tertiary alicyclic amines) is 1. The standard InChI is InChI=1S/C22H28N4O6/c1-24-19-15(8-6-14-31-32-22(30)25-12-3-2-4-13-25)7-5-9-16(19)26(21(24)29)17-10-11-18(27)23-20(17)28/h5,7,9,17H,2-4,6,8,10-14H2,1H3,(H,23,27,28). The molecule has 172 valence electrons. The fourth-order valence-electron chi connectivity index (χ4n) is 4.49. The number of nitrogens with zero attached hydrogens (tertiary/aromatic N) is 3. The number of aromatic nitrogens is 2. The molecule has 1 aromatic heterocycles. The lowest BCUT2D eigenvalue weighted by Gasteiger charge is -2.24. The number of piperidine rings is 2. The molecule has 10 heteroatoms. The number of hydrogen-bond donors (Lipinski definition) is 1. The number of imidazole rings is 1. The van der Waals surface area contributed by atoms with Crippen LogP contribution in [0.15, 0.2) is 23.0 Å². The van der Waals surface area contributed by atoms with Crippen molar-refractivity contribution in [3.05, 3.63) is 34.2 Å². The van der Waals surface area contributed by atoms with Crippen molar-refractivity contribution in [3.63, 3.8) is 0 Å². The van der Waals surface area contributed by atoms with Crippen molar-refractivity contribution in [1.29, 1.82) is 0 Å². The maximum absolute atomic E-state index is 12.9. The van der Waals surface area contributed by atoms with Gasteiger partial charge in [0, 0.05) is 26.6 Å². The van der Waals surface area contributed by atoms with Gasteiger partial charge in [-0.15, -0.1) is 0 Å². The van der Waals surface area contributed by atoms with Gasteiger partial charge < -0.3 is 4.90 Å². The summed E-state index contributed by atoms with van der Waals surface area (Å²) in [6.07, 6.45) is 4.33. The quantitative estimate of drug-likeness (QED) is 0.315. The Bertz CT molecular complexity index is 1080. The molecule has 0 spiro atoms. The van der Waals surface area contributed by atoms with Crippen LogP contribution < -0.4 is 11.0 Å². The van der Waals surface area contributed by atoms with Crippen LogP contribution >= 0.6 is 0 Å². The molecule has 2 aliphatic heterocycles. The zero-order chi connectivity index (χ0) is 22.7. The topological polar surface area (TPSA) is 112 Å². The molecule has 3 amide bonds.